The van der Waals surface area contributed by atoms with E-state index in [0.717, 1.165) is 25.0 Å². The van der Waals surface area contributed by atoms with Gasteiger partial charge in [-0.3, -0.25) is 4.90 Å². The van der Waals surface area contributed by atoms with E-state index in [1.54, 1.807) is 14.0 Å². The van der Waals surface area contributed by atoms with Crippen LogP contribution in [0.25, 0.3) is 0 Å². The molecule has 1 heterocycles. The van der Waals surface area contributed by atoms with Crippen molar-refractivity contribution >= 4 is 6.16 Å². The average molecular weight is 418 g/mol. The van der Waals surface area contributed by atoms with Crippen molar-refractivity contribution in [1.82, 2.24) is 4.90 Å². The molecule has 1 aliphatic heterocycles. The lowest BCUT2D eigenvalue weighted by Gasteiger charge is -2.52. The van der Waals surface area contributed by atoms with Crippen molar-refractivity contribution in [2.45, 2.75) is 56.8 Å². The van der Waals surface area contributed by atoms with Crippen molar-refractivity contribution in [2.24, 2.45) is 5.92 Å². The summed E-state index contributed by atoms with van der Waals surface area (Å²) >= 11 is 0. The van der Waals surface area contributed by atoms with Crippen molar-refractivity contribution in [2.75, 3.05) is 27.5 Å². The van der Waals surface area contributed by atoms with E-state index in [4.69, 9.17) is 18.9 Å². The van der Waals surface area contributed by atoms with Crippen LogP contribution in [-0.2, 0) is 21.3 Å². The standard InChI is InChI=1S/C23H31NO6/c1-5-11-23-15-8-9-17(25)21(23)30-20-18(27-4)10-7-14(19(20)23)12-16(15)24(3)13-29-22(26)28-6-2/h7-10,15-17,21,25H,5-6,11-13H2,1-4H3/t15-,16?,17-,21-,23-/m0/s1. The van der Waals surface area contributed by atoms with Crippen molar-refractivity contribution < 1.29 is 28.8 Å². The lowest BCUT2D eigenvalue weighted by Crippen LogP contribution is -2.60. The molecule has 3 aliphatic rings. The van der Waals surface area contributed by atoms with Gasteiger partial charge in [0.25, 0.3) is 0 Å². The number of likely N-dealkylation sites (N-methyl/N-ethyl adjacent to an activating group) is 1. The Morgan fingerprint density at radius 3 is 2.80 bits per heavy atom. The molecule has 0 aromatic heterocycles. The molecule has 1 N–H and O–H groups in total. The van der Waals surface area contributed by atoms with E-state index in [0.29, 0.717) is 5.75 Å². The predicted molar refractivity (Wildman–Crippen MR) is 111 cm³/mol. The summed E-state index contributed by atoms with van der Waals surface area (Å²) < 4.78 is 22.2. The van der Waals surface area contributed by atoms with Gasteiger partial charge in [-0.2, -0.15) is 0 Å². The largest absolute Gasteiger partial charge is 0.509 e. The zero-order valence-corrected chi connectivity index (χ0v) is 18.1. The molecule has 7 nitrogen and oxygen atoms in total. The van der Waals surface area contributed by atoms with E-state index in [-0.39, 0.29) is 36.8 Å². The fourth-order valence-corrected chi connectivity index (χ4v) is 5.69. The minimum atomic E-state index is -0.683. The molecular formula is C23H31NO6. The Bertz CT molecular complexity index is 839. The minimum Gasteiger partial charge on any atom is -0.493 e. The maximum absolute atomic E-state index is 11.7. The molecule has 2 aliphatic carbocycles. The van der Waals surface area contributed by atoms with E-state index in [9.17, 15) is 9.90 Å². The Hall–Kier alpha value is -2.25. The van der Waals surface area contributed by atoms with Gasteiger partial charge in [-0.1, -0.05) is 31.6 Å². The first kappa shape index (κ1) is 21.0. The quantitative estimate of drug-likeness (QED) is 0.415. The van der Waals surface area contributed by atoms with Crippen LogP contribution in [0.2, 0.25) is 0 Å². The number of hydrogen-bond acceptors (Lipinski definition) is 7. The average Bonchev–Trinajstić information content (AvgIpc) is 3.09. The van der Waals surface area contributed by atoms with Crippen molar-refractivity contribution in [3.8, 4) is 11.5 Å². The van der Waals surface area contributed by atoms with E-state index in [2.05, 4.69) is 24.0 Å². The van der Waals surface area contributed by atoms with E-state index in [1.165, 1.54) is 11.1 Å². The second-order valence-corrected chi connectivity index (χ2v) is 8.35. The summed E-state index contributed by atoms with van der Waals surface area (Å²) in [5, 5.41) is 10.8. The summed E-state index contributed by atoms with van der Waals surface area (Å²) in [4.78, 5) is 13.8. The Labute approximate surface area is 177 Å². The number of carbonyl (C=O) groups excluding carboxylic acids is 1. The number of aliphatic hydroxyl groups is 1. The third-order valence-electron chi connectivity index (χ3n) is 6.79. The molecule has 1 aromatic rings. The van der Waals surface area contributed by atoms with E-state index >= 15 is 0 Å². The molecule has 4 rings (SSSR count). The lowest BCUT2D eigenvalue weighted by atomic mass is 9.54. The number of benzene rings is 1. The van der Waals surface area contributed by atoms with Crippen LogP contribution in [0.1, 0.15) is 37.8 Å². The van der Waals surface area contributed by atoms with Crippen LogP contribution in [-0.4, -0.2) is 61.9 Å². The van der Waals surface area contributed by atoms with Gasteiger partial charge in [-0.25, -0.2) is 4.79 Å². The minimum absolute atomic E-state index is 0.0904. The van der Waals surface area contributed by atoms with Crippen LogP contribution < -0.4 is 9.47 Å². The van der Waals surface area contributed by atoms with Crippen LogP contribution in [0, 0.1) is 5.92 Å². The molecule has 5 atom stereocenters. The summed E-state index contributed by atoms with van der Waals surface area (Å²) in [7, 11) is 3.61. The summed E-state index contributed by atoms with van der Waals surface area (Å²) in [6.45, 7) is 4.34. The molecule has 1 aromatic carbocycles. The number of methoxy groups -OCH3 is 1. The number of hydrogen-bond donors (Lipinski definition) is 1. The molecule has 30 heavy (non-hydrogen) atoms. The highest BCUT2D eigenvalue weighted by molar-refractivity contribution is 5.62. The summed E-state index contributed by atoms with van der Waals surface area (Å²) in [5.41, 5.74) is 2.04. The highest BCUT2D eigenvalue weighted by Gasteiger charge is 2.62. The molecule has 0 saturated heterocycles. The molecule has 7 heteroatoms. The maximum atomic E-state index is 11.7. The highest BCUT2D eigenvalue weighted by atomic mass is 16.7. The number of aliphatic hydroxyl groups excluding tert-OH is 1. The van der Waals surface area contributed by atoms with Crippen molar-refractivity contribution in [1.29, 1.82) is 0 Å². The van der Waals surface area contributed by atoms with Crippen LogP contribution in [0.4, 0.5) is 4.79 Å². The third-order valence-corrected chi connectivity index (χ3v) is 6.79. The van der Waals surface area contributed by atoms with Crippen LogP contribution in [0.15, 0.2) is 24.3 Å². The second-order valence-electron chi connectivity index (χ2n) is 8.35. The first-order chi connectivity index (χ1) is 14.5. The lowest BCUT2D eigenvalue weighted by molar-refractivity contribution is -0.0394. The topological polar surface area (TPSA) is 77.5 Å². The molecular weight excluding hydrogens is 386 g/mol. The van der Waals surface area contributed by atoms with Gasteiger partial charge in [0.1, 0.15) is 18.9 Å². The van der Waals surface area contributed by atoms with Crippen LogP contribution >= 0.6 is 0 Å². The Morgan fingerprint density at radius 1 is 1.30 bits per heavy atom. The molecule has 0 amide bonds. The molecule has 0 spiro atoms. The van der Waals surface area contributed by atoms with Crippen molar-refractivity contribution in [3.05, 3.63) is 35.4 Å². The van der Waals surface area contributed by atoms with E-state index in [1.807, 2.05) is 19.2 Å². The number of rotatable bonds is 7. The third kappa shape index (κ3) is 3.06. The van der Waals surface area contributed by atoms with Crippen LogP contribution in [0.3, 0.4) is 0 Å². The fraction of sp³-hybridized carbons (Fsp3) is 0.609. The van der Waals surface area contributed by atoms with Gasteiger partial charge in [-0.15, -0.1) is 0 Å². The Morgan fingerprint density at radius 2 is 2.10 bits per heavy atom. The normalized spacial score (nSPS) is 30.6. The fourth-order valence-electron chi connectivity index (χ4n) is 5.69. The van der Waals surface area contributed by atoms with Gasteiger partial charge in [0.2, 0.25) is 0 Å². The highest BCUT2D eigenvalue weighted by Crippen LogP contribution is 2.61. The van der Waals surface area contributed by atoms with Gasteiger partial charge in [0.15, 0.2) is 11.5 Å². The Kier molecular flexibility index (Phi) is 5.68. The van der Waals surface area contributed by atoms with E-state index < -0.39 is 12.3 Å². The van der Waals surface area contributed by atoms with Crippen LogP contribution in [0.5, 0.6) is 11.5 Å². The SMILES string of the molecule is CCC[C@]12c3c4ccc(OC)c3O[C@H]1[C@@H](O)C=C[C@H]2C(N(C)COC(=O)OCC)C4. The molecule has 0 fully saturated rings. The van der Waals surface area contributed by atoms with Gasteiger partial charge >= 0.3 is 6.16 Å². The molecule has 1 unspecified atom stereocenters. The predicted octanol–water partition coefficient (Wildman–Crippen LogP) is 3.03. The molecule has 164 valence electrons. The number of nitrogens with zero attached hydrogens (tertiary/aromatic N) is 1. The van der Waals surface area contributed by atoms with Gasteiger partial charge < -0.3 is 24.1 Å². The first-order valence-electron chi connectivity index (χ1n) is 10.7. The Balaban J connectivity index is 1.75. The van der Waals surface area contributed by atoms with Gasteiger partial charge in [0.05, 0.1) is 13.7 Å². The second kappa shape index (κ2) is 8.12. The molecule has 0 bridgehead atoms. The zero-order chi connectivity index (χ0) is 21.5. The molecule has 0 saturated carbocycles. The number of carbonyl (C=O) groups is 1. The van der Waals surface area contributed by atoms with Gasteiger partial charge in [0, 0.05) is 22.9 Å². The van der Waals surface area contributed by atoms with Crippen molar-refractivity contribution in [3.63, 3.8) is 0 Å². The smallest absolute Gasteiger partial charge is 0.493 e. The summed E-state index contributed by atoms with van der Waals surface area (Å²) in [6, 6.07) is 4.14. The number of ether oxygens (including phenoxy) is 4. The van der Waals surface area contributed by atoms with Gasteiger partial charge in [-0.05, 0) is 38.4 Å². The first-order valence-corrected chi connectivity index (χ1v) is 10.7. The monoisotopic (exact) mass is 417 g/mol. The summed E-state index contributed by atoms with van der Waals surface area (Å²) in [5.74, 6) is 1.59. The summed E-state index contributed by atoms with van der Waals surface area (Å²) in [6.07, 6.45) is 4.91. The zero-order valence-electron chi connectivity index (χ0n) is 18.1. The molecule has 0 radical (unpaired) electrons. The maximum Gasteiger partial charge on any atom is 0.509 e.